The summed E-state index contributed by atoms with van der Waals surface area (Å²) in [4.78, 5) is 0. The van der Waals surface area contributed by atoms with Gasteiger partial charge in [-0.3, -0.25) is 0 Å². The summed E-state index contributed by atoms with van der Waals surface area (Å²) in [6, 6.07) is 0. The number of hydrogen-bond acceptors (Lipinski definition) is 4. The molecule has 0 saturated carbocycles. The number of rotatable bonds is 11. The molecule has 6 heteroatoms. The summed E-state index contributed by atoms with van der Waals surface area (Å²) in [7, 11) is -4.67. The Bertz CT molecular complexity index is 732. The van der Waals surface area contributed by atoms with Crippen molar-refractivity contribution < 1.29 is 46.7 Å². The fraction of sp³-hybridized carbons (Fsp3) is 0. The molecule has 0 atom stereocenters. The van der Waals surface area contributed by atoms with Crippen molar-refractivity contribution in [2.45, 2.75) is 0 Å². The van der Waals surface area contributed by atoms with Crippen molar-refractivity contribution in [3.8, 4) is 0 Å². The van der Waals surface area contributed by atoms with Gasteiger partial charge in [0.2, 0.25) is 0 Å². The summed E-state index contributed by atoms with van der Waals surface area (Å²) < 4.78 is 34.2. The van der Waals surface area contributed by atoms with Crippen LogP contribution in [-0.2, 0) is 14.6 Å². The Labute approximate surface area is 178 Å². The van der Waals surface area contributed by atoms with Crippen LogP contribution in [0.25, 0.3) is 0 Å². The van der Waals surface area contributed by atoms with E-state index in [1.165, 1.54) is 12.2 Å². The van der Waals surface area contributed by atoms with Crippen LogP contribution in [0.1, 0.15) is 0 Å². The largest absolute Gasteiger partial charge is 1.00 e. The molecule has 0 unspecified atom stereocenters. The van der Waals surface area contributed by atoms with E-state index in [1.54, 1.807) is 24.3 Å². The van der Waals surface area contributed by atoms with Crippen molar-refractivity contribution in [2.24, 2.45) is 0 Å². The van der Waals surface area contributed by atoms with Crippen molar-refractivity contribution in [3.05, 3.63) is 122 Å². The normalized spacial score (nSPS) is 13.9. The van der Waals surface area contributed by atoms with Gasteiger partial charge in [0.1, 0.15) is 6.26 Å². The summed E-state index contributed by atoms with van der Waals surface area (Å²) in [6.45, 7) is 3.58. The van der Waals surface area contributed by atoms with Crippen molar-refractivity contribution in [1.82, 2.24) is 0 Å². The van der Waals surface area contributed by atoms with Crippen molar-refractivity contribution in [3.63, 3.8) is 0 Å². The molecule has 0 bridgehead atoms. The minimum Gasteiger partial charge on any atom is -0.716 e. The second-order valence-corrected chi connectivity index (χ2v) is 5.16. The quantitative estimate of drug-likeness (QED) is 0.180. The summed E-state index contributed by atoms with van der Waals surface area (Å²) in [5, 5.41) is 0. The molecule has 0 aliphatic rings. The molecule has 132 valence electrons. The van der Waals surface area contributed by atoms with E-state index in [1.807, 2.05) is 72.9 Å². The third-order valence-electron chi connectivity index (χ3n) is 2.17. The van der Waals surface area contributed by atoms with Gasteiger partial charge in [0.05, 0.1) is 0 Å². The van der Waals surface area contributed by atoms with Gasteiger partial charge < -0.3 is 8.74 Å². The van der Waals surface area contributed by atoms with Gasteiger partial charge in [0.15, 0.2) is 0 Å². The molecule has 4 nitrogen and oxygen atoms in total. The van der Waals surface area contributed by atoms with Gasteiger partial charge in [0.25, 0.3) is 10.4 Å². The molecule has 0 fully saturated rings. The van der Waals surface area contributed by atoms with Crippen molar-refractivity contribution in [1.29, 1.82) is 0 Å². The third kappa shape index (κ3) is 24.4. The first-order valence-electron chi connectivity index (χ1n) is 7.31. The maximum atomic E-state index is 10.1. The van der Waals surface area contributed by atoms with E-state index in [4.69, 9.17) is 0 Å². The molecule has 0 aromatic carbocycles. The van der Waals surface area contributed by atoms with Crippen LogP contribution in [0.2, 0.25) is 0 Å². The smallest absolute Gasteiger partial charge is 0.716 e. The fourth-order valence-electron chi connectivity index (χ4n) is 1.19. The number of hydrogen-bond donors (Lipinski definition) is 0. The zero-order valence-corrected chi connectivity index (χ0v) is 17.5. The second kappa shape index (κ2) is 19.4. The molecule has 0 aromatic heterocycles. The van der Waals surface area contributed by atoms with Gasteiger partial charge in [-0.2, -0.15) is 0 Å². The topological polar surface area (TPSA) is 66.4 Å². The minimum atomic E-state index is -4.67. The summed E-state index contributed by atoms with van der Waals surface area (Å²) in [5.41, 5.74) is 0. The van der Waals surface area contributed by atoms with Crippen LogP contribution < -0.4 is 29.6 Å². The van der Waals surface area contributed by atoms with E-state index in [0.717, 1.165) is 6.26 Å². The minimum absolute atomic E-state index is 0. The zero-order valence-electron chi connectivity index (χ0n) is 14.7. The first-order valence-corrected chi connectivity index (χ1v) is 8.64. The molecule has 0 aliphatic heterocycles. The molecule has 0 N–H and O–H groups in total. The van der Waals surface area contributed by atoms with E-state index in [0.29, 0.717) is 0 Å². The maximum Gasteiger partial charge on any atom is 1.00 e. The van der Waals surface area contributed by atoms with Gasteiger partial charge in [-0.15, -0.1) is 0 Å². The Balaban J connectivity index is 0. The molecular weight excluding hydrogens is 359 g/mol. The summed E-state index contributed by atoms with van der Waals surface area (Å²) in [6.07, 6.45) is 33.3. The zero-order chi connectivity index (χ0) is 18.6. The fourth-order valence-corrected chi connectivity index (χ4v) is 1.39. The second-order valence-electron chi connectivity index (χ2n) is 4.15. The van der Waals surface area contributed by atoms with E-state index >= 15 is 0 Å². The van der Waals surface area contributed by atoms with Crippen LogP contribution >= 0.6 is 0 Å². The molecule has 0 heterocycles. The molecule has 0 rings (SSSR count). The van der Waals surface area contributed by atoms with E-state index < -0.39 is 10.4 Å². The Hall–Kier alpha value is -1.89. The first-order chi connectivity index (χ1) is 12.1. The number of allylic oxidation sites excluding steroid dienone is 18. The average molecular weight is 380 g/mol. The van der Waals surface area contributed by atoms with Gasteiger partial charge in [-0.25, -0.2) is 8.42 Å². The van der Waals surface area contributed by atoms with Gasteiger partial charge in [-0.1, -0.05) is 110 Å². The molecule has 0 aliphatic carbocycles. The molecule has 0 amide bonds. The van der Waals surface area contributed by atoms with Gasteiger partial charge >= 0.3 is 29.6 Å². The Morgan fingerprint density at radius 2 is 0.846 bits per heavy atom. The van der Waals surface area contributed by atoms with Crippen LogP contribution in [-0.4, -0.2) is 13.0 Å². The average Bonchev–Trinajstić information content (AvgIpc) is 2.56. The maximum absolute atomic E-state index is 10.1. The monoisotopic (exact) mass is 380 g/mol. The molecule has 0 aromatic rings. The Morgan fingerprint density at radius 1 is 0.577 bits per heavy atom. The standard InChI is InChI=1S/C20H22O4S.Na/c1-2-3-4-5-6-7-8-9-10-11-12-13-14-15-16-17-18-19-20-24-25(21,22)23;/h2-20H,1H2,(H,21,22,23);/q;+1/p-1. The van der Waals surface area contributed by atoms with Crippen LogP contribution in [0.4, 0.5) is 0 Å². The Kier molecular flexibility index (Phi) is 19.7. The molecule has 0 spiro atoms. The van der Waals surface area contributed by atoms with Crippen LogP contribution in [0, 0.1) is 0 Å². The summed E-state index contributed by atoms with van der Waals surface area (Å²) >= 11 is 0. The van der Waals surface area contributed by atoms with Crippen LogP contribution in [0.5, 0.6) is 0 Å². The van der Waals surface area contributed by atoms with Crippen LogP contribution in [0.15, 0.2) is 122 Å². The SMILES string of the molecule is C=CC=CC=CC=CC=CC=CC=CC=CC=CC=COS(=O)(=O)[O-].[Na+]. The molecular formula is C20H21NaO4S. The third-order valence-corrected chi connectivity index (χ3v) is 2.51. The first kappa shape index (κ1) is 26.3. The van der Waals surface area contributed by atoms with E-state index in [-0.39, 0.29) is 29.6 Å². The van der Waals surface area contributed by atoms with Crippen molar-refractivity contribution in [2.75, 3.05) is 0 Å². The predicted molar refractivity (Wildman–Crippen MR) is 103 cm³/mol. The van der Waals surface area contributed by atoms with Gasteiger partial charge in [-0.05, 0) is 6.08 Å². The predicted octanol–water partition coefficient (Wildman–Crippen LogP) is 1.62. The van der Waals surface area contributed by atoms with Gasteiger partial charge in [0, 0.05) is 0 Å². The molecule has 0 radical (unpaired) electrons. The molecule has 26 heavy (non-hydrogen) atoms. The summed E-state index contributed by atoms with van der Waals surface area (Å²) in [5.74, 6) is 0. The van der Waals surface area contributed by atoms with E-state index in [9.17, 15) is 13.0 Å². The van der Waals surface area contributed by atoms with E-state index in [2.05, 4.69) is 10.8 Å². The van der Waals surface area contributed by atoms with Crippen LogP contribution in [0.3, 0.4) is 0 Å². The van der Waals surface area contributed by atoms with Crippen molar-refractivity contribution >= 4 is 10.4 Å². The molecule has 0 saturated heterocycles. The Morgan fingerprint density at radius 3 is 1.12 bits per heavy atom.